The number of carbonyl (C=O) groups is 3. The van der Waals surface area contributed by atoms with Gasteiger partial charge in [0.15, 0.2) is 11.6 Å². The van der Waals surface area contributed by atoms with E-state index < -0.39 is 18.0 Å². The number of rotatable bonds is 8. The van der Waals surface area contributed by atoms with Gasteiger partial charge in [0.1, 0.15) is 12.5 Å². The Kier molecular flexibility index (Phi) is 8.68. The van der Waals surface area contributed by atoms with E-state index in [1.807, 2.05) is 13.0 Å². The molecule has 1 aliphatic rings. The van der Waals surface area contributed by atoms with Crippen LogP contribution in [0.5, 0.6) is 0 Å². The van der Waals surface area contributed by atoms with E-state index in [9.17, 15) is 14.4 Å². The third-order valence-corrected chi connectivity index (χ3v) is 4.37. The molecule has 1 aliphatic carbocycles. The number of amides is 2. The number of Topliss-reactive ketones (excluding diaryl/α,β-unsaturated/α-hetero) is 2. The van der Waals surface area contributed by atoms with Crippen LogP contribution in [0.4, 0.5) is 10.5 Å². The smallest absolute Gasteiger partial charge is 0.319 e. The van der Waals surface area contributed by atoms with Gasteiger partial charge in [-0.3, -0.25) is 9.59 Å². The van der Waals surface area contributed by atoms with Crippen molar-refractivity contribution in [2.24, 2.45) is 11.1 Å². The van der Waals surface area contributed by atoms with E-state index in [0.29, 0.717) is 17.8 Å². The summed E-state index contributed by atoms with van der Waals surface area (Å²) < 4.78 is 0. The summed E-state index contributed by atoms with van der Waals surface area (Å²) in [5.74, 6) is -1.43. The molecular formula is C20H24ClN3O4. The number of oxime groups is 1. The standard InChI is InChI=1S/C20H24ClN3O4/c1-2-7-16(24-28-11-6-10-21)19-17(25)12-15(13-18(19)26)23-20(27)22-14-8-4-3-5-9-14/h3-6,8-10,15,19H,2,7,11-13H2,1H3,(H2,22,23,27). The zero-order valence-electron chi connectivity index (χ0n) is 15.7. The van der Waals surface area contributed by atoms with Gasteiger partial charge in [0.25, 0.3) is 0 Å². The lowest BCUT2D eigenvalue weighted by atomic mass is 9.80. The number of halogens is 1. The van der Waals surface area contributed by atoms with Crippen LogP contribution in [0.1, 0.15) is 32.6 Å². The number of urea groups is 1. The van der Waals surface area contributed by atoms with Crippen LogP contribution >= 0.6 is 11.6 Å². The van der Waals surface area contributed by atoms with E-state index in [1.165, 1.54) is 5.54 Å². The number of benzene rings is 1. The van der Waals surface area contributed by atoms with Gasteiger partial charge in [-0.1, -0.05) is 48.3 Å². The number of para-hydroxylation sites is 1. The second-order valence-electron chi connectivity index (χ2n) is 6.43. The van der Waals surface area contributed by atoms with Crippen molar-refractivity contribution in [3.05, 3.63) is 41.9 Å². The second kappa shape index (κ2) is 11.2. The molecule has 1 fully saturated rings. The Labute approximate surface area is 169 Å². The fourth-order valence-electron chi connectivity index (χ4n) is 3.02. The maximum Gasteiger partial charge on any atom is 0.319 e. The molecule has 2 rings (SSSR count). The summed E-state index contributed by atoms with van der Waals surface area (Å²) in [4.78, 5) is 42.4. The molecule has 8 heteroatoms. The molecule has 150 valence electrons. The maximum absolute atomic E-state index is 12.6. The average molecular weight is 406 g/mol. The van der Waals surface area contributed by atoms with Gasteiger partial charge in [0.2, 0.25) is 0 Å². The van der Waals surface area contributed by atoms with Gasteiger partial charge in [-0.2, -0.15) is 0 Å². The van der Waals surface area contributed by atoms with Crippen molar-refractivity contribution >= 4 is 40.6 Å². The Morgan fingerprint density at radius 2 is 1.93 bits per heavy atom. The summed E-state index contributed by atoms with van der Waals surface area (Å²) in [7, 11) is 0. The van der Waals surface area contributed by atoms with Crippen molar-refractivity contribution in [1.82, 2.24) is 5.32 Å². The highest BCUT2D eigenvalue weighted by Crippen LogP contribution is 2.22. The van der Waals surface area contributed by atoms with Gasteiger partial charge in [-0.15, -0.1) is 0 Å². The van der Waals surface area contributed by atoms with Crippen LogP contribution in [0.15, 0.2) is 47.1 Å². The average Bonchev–Trinajstić information content (AvgIpc) is 2.65. The van der Waals surface area contributed by atoms with E-state index in [-0.39, 0.29) is 31.0 Å². The van der Waals surface area contributed by atoms with Crippen LogP contribution in [-0.2, 0) is 14.4 Å². The molecule has 0 unspecified atom stereocenters. The third kappa shape index (κ3) is 6.49. The molecule has 2 amide bonds. The molecule has 0 aliphatic heterocycles. The fraction of sp³-hybridized carbons (Fsp3) is 0.400. The Balaban J connectivity index is 1.97. The molecule has 1 aromatic carbocycles. The molecule has 0 radical (unpaired) electrons. The summed E-state index contributed by atoms with van der Waals surface area (Å²) in [6.45, 7) is 2.10. The Morgan fingerprint density at radius 3 is 2.54 bits per heavy atom. The zero-order valence-corrected chi connectivity index (χ0v) is 16.4. The normalized spacial score (nSPS) is 20.3. The molecule has 0 aromatic heterocycles. The largest absolute Gasteiger partial charge is 0.392 e. The van der Waals surface area contributed by atoms with Crippen molar-refractivity contribution < 1.29 is 19.2 Å². The molecule has 1 aromatic rings. The molecule has 1 saturated carbocycles. The van der Waals surface area contributed by atoms with Crippen LogP contribution < -0.4 is 10.6 Å². The highest BCUT2D eigenvalue weighted by Gasteiger charge is 2.39. The van der Waals surface area contributed by atoms with Gasteiger partial charge in [0.05, 0.1) is 5.71 Å². The van der Waals surface area contributed by atoms with E-state index in [2.05, 4.69) is 15.8 Å². The quantitative estimate of drug-likeness (QED) is 0.298. The van der Waals surface area contributed by atoms with Crippen LogP contribution in [0.2, 0.25) is 0 Å². The lowest BCUT2D eigenvalue weighted by Crippen LogP contribution is -2.48. The van der Waals surface area contributed by atoms with Crippen molar-refractivity contribution in [3.8, 4) is 0 Å². The molecule has 0 saturated heterocycles. The van der Waals surface area contributed by atoms with Crippen molar-refractivity contribution in [2.45, 2.75) is 38.6 Å². The van der Waals surface area contributed by atoms with E-state index in [1.54, 1.807) is 30.3 Å². The van der Waals surface area contributed by atoms with Gasteiger partial charge in [0, 0.05) is 30.1 Å². The predicted octanol–water partition coefficient (Wildman–Crippen LogP) is 3.65. The second-order valence-corrected chi connectivity index (χ2v) is 6.68. The number of ketones is 2. The van der Waals surface area contributed by atoms with E-state index in [0.717, 1.165) is 6.42 Å². The maximum atomic E-state index is 12.6. The minimum absolute atomic E-state index is 0.0724. The van der Waals surface area contributed by atoms with E-state index >= 15 is 0 Å². The molecule has 0 atom stereocenters. The van der Waals surface area contributed by atoms with E-state index in [4.69, 9.17) is 16.4 Å². The number of carbonyl (C=O) groups excluding carboxylic acids is 3. The lowest BCUT2D eigenvalue weighted by Gasteiger charge is -2.27. The minimum Gasteiger partial charge on any atom is -0.392 e. The zero-order chi connectivity index (χ0) is 20.4. The summed E-state index contributed by atoms with van der Waals surface area (Å²) in [5, 5.41) is 9.36. The molecule has 7 nitrogen and oxygen atoms in total. The first-order valence-corrected chi connectivity index (χ1v) is 9.60. The van der Waals surface area contributed by atoms with Gasteiger partial charge in [-0.05, 0) is 24.6 Å². The number of hydrogen-bond donors (Lipinski definition) is 2. The van der Waals surface area contributed by atoms with Crippen molar-refractivity contribution in [2.75, 3.05) is 11.9 Å². The minimum atomic E-state index is -0.907. The van der Waals surface area contributed by atoms with Crippen LogP contribution in [0.3, 0.4) is 0 Å². The SMILES string of the molecule is CCCC(=NOCC=CCl)C1C(=O)CC(NC(=O)Nc2ccccc2)CC1=O. The first-order valence-electron chi connectivity index (χ1n) is 9.17. The molecule has 28 heavy (non-hydrogen) atoms. The number of hydrogen-bond acceptors (Lipinski definition) is 5. The third-order valence-electron chi connectivity index (χ3n) is 4.19. The summed E-state index contributed by atoms with van der Waals surface area (Å²) in [5.41, 5.74) is 2.36. The van der Waals surface area contributed by atoms with Gasteiger partial charge < -0.3 is 15.5 Å². The van der Waals surface area contributed by atoms with Crippen LogP contribution in [-0.4, -0.2) is 36.0 Å². The Morgan fingerprint density at radius 1 is 1.25 bits per heavy atom. The number of nitrogens with zero attached hydrogens (tertiary/aromatic N) is 1. The molecule has 2 N–H and O–H groups in total. The predicted molar refractivity (Wildman–Crippen MR) is 108 cm³/mol. The highest BCUT2D eigenvalue weighted by atomic mass is 35.5. The fourth-order valence-corrected chi connectivity index (χ4v) is 3.09. The Hall–Kier alpha value is -2.67. The first kappa shape index (κ1) is 21.6. The molecule has 0 bridgehead atoms. The van der Waals surface area contributed by atoms with Crippen molar-refractivity contribution in [3.63, 3.8) is 0 Å². The first-order chi connectivity index (χ1) is 13.5. The number of anilines is 1. The number of nitrogens with one attached hydrogen (secondary N) is 2. The van der Waals surface area contributed by atoms with Gasteiger partial charge in [-0.25, -0.2) is 4.79 Å². The van der Waals surface area contributed by atoms with Crippen LogP contribution in [0.25, 0.3) is 0 Å². The summed E-state index contributed by atoms with van der Waals surface area (Å²) in [6, 6.07) is 7.95. The molecular weight excluding hydrogens is 382 g/mol. The van der Waals surface area contributed by atoms with Gasteiger partial charge >= 0.3 is 6.03 Å². The highest BCUT2D eigenvalue weighted by molar-refractivity contribution is 6.25. The summed E-state index contributed by atoms with van der Waals surface area (Å²) >= 11 is 5.42. The topological polar surface area (TPSA) is 96.9 Å². The lowest BCUT2D eigenvalue weighted by molar-refractivity contribution is -0.133. The van der Waals surface area contributed by atoms with Crippen LogP contribution in [0, 0.1) is 5.92 Å². The molecule has 0 heterocycles. The van der Waals surface area contributed by atoms with Crippen molar-refractivity contribution in [1.29, 1.82) is 0 Å². The molecule has 0 spiro atoms. The summed E-state index contributed by atoms with van der Waals surface area (Å²) in [6.07, 6.45) is 2.92. The Bertz CT molecular complexity index is 731. The monoisotopic (exact) mass is 405 g/mol.